The quantitative estimate of drug-likeness (QED) is 0.802. The van der Waals surface area contributed by atoms with Crippen molar-refractivity contribution >= 4 is 11.9 Å². The Morgan fingerprint density at radius 1 is 1.22 bits per heavy atom. The molecule has 1 aliphatic heterocycles. The molecule has 0 bridgehead atoms. The number of hydrogen-bond donors (Lipinski definition) is 0. The summed E-state index contributed by atoms with van der Waals surface area (Å²) in [5.41, 5.74) is 1.33. The van der Waals surface area contributed by atoms with Crippen molar-refractivity contribution in [3.8, 4) is 0 Å². The molecule has 0 unspecified atom stereocenters. The van der Waals surface area contributed by atoms with Crippen molar-refractivity contribution in [2.24, 2.45) is 5.92 Å². The van der Waals surface area contributed by atoms with Gasteiger partial charge in [0.1, 0.15) is 0 Å². The van der Waals surface area contributed by atoms with Gasteiger partial charge in [0.05, 0.1) is 13.0 Å². The van der Waals surface area contributed by atoms with Gasteiger partial charge in [0.15, 0.2) is 0 Å². The highest BCUT2D eigenvalue weighted by atomic mass is 16.5. The summed E-state index contributed by atoms with van der Waals surface area (Å²) in [5, 5.41) is 0. The van der Waals surface area contributed by atoms with Crippen molar-refractivity contribution in [2.45, 2.75) is 50.5 Å². The number of nitrogens with zero attached hydrogens (tertiary/aromatic N) is 1. The Morgan fingerprint density at radius 3 is 2.65 bits per heavy atom. The lowest BCUT2D eigenvalue weighted by molar-refractivity contribution is -0.138. The third-order valence-corrected chi connectivity index (χ3v) is 5.25. The number of likely N-dealkylation sites (N-methyl/N-ethyl adjacent to an activating group) is 1. The largest absolute Gasteiger partial charge is 0.465 e. The summed E-state index contributed by atoms with van der Waals surface area (Å²) in [6, 6.07) is 10.8. The van der Waals surface area contributed by atoms with Crippen LogP contribution in [0.2, 0.25) is 0 Å². The Bertz CT molecular complexity index is 557. The Labute approximate surface area is 137 Å². The minimum absolute atomic E-state index is 0.0521. The fourth-order valence-corrected chi connectivity index (χ4v) is 3.94. The van der Waals surface area contributed by atoms with E-state index in [9.17, 15) is 9.59 Å². The van der Waals surface area contributed by atoms with Gasteiger partial charge in [0.2, 0.25) is 5.91 Å². The second kappa shape index (κ2) is 7.16. The van der Waals surface area contributed by atoms with E-state index in [0.29, 0.717) is 25.4 Å². The van der Waals surface area contributed by atoms with Crippen LogP contribution in [0, 0.1) is 5.92 Å². The Hall–Kier alpha value is -1.84. The molecule has 0 spiro atoms. The number of ether oxygens (including phenoxy) is 1. The first kappa shape index (κ1) is 16.0. The summed E-state index contributed by atoms with van der Waals surface area (Å²) in [7, 11) is 1.92. The lowest BCUT2D eigenvalue weighted by Gasteiger charge is -2.38. The molecule has 4 nitrogen and oxygen atoms in total. The number of benzene rings is 1. The smallest absolute Gasteiger partial charge is 0.306 e. The maximum Gasteiger partial charge on any atom is 0.306 e. The van der Waals surface area contributed by atoms with E-state index >= 15 is 0 Å². The SMILES string of the molecule is CN(C(=O)C[C@@H]1COC(=O)C1)[C@@H]1CCCC[C@@H]1c1ccccc1. The maximum atomic E-state index is 12.6. The van der Waals surface area contributed by atoms with Crippen LogP contribution in [0.3, 0.4) is 0 Å². The molecule has 3 rings (SSSR count). The van der Waals surface area contributed by atoms with Crippen LogP contribution in [0.4, 0.5) is 0 Å². The minimum Gasteiger partial charge on any atom is -0.465 e. The van der Waals surface area contributed by atoms with E-state index in [2.05, 4.69) is 24.3 Å². The zero-order valence-corrected chi connectivity index (χ0v) is 13.7. The van der Waals surface area contributed by atoms with Gasteiger partial charge in [-0.15, -0.1) is 0 Å². The van der Waals surface area contributed by atoms with Crippen LogP contribution in [0.25, 0.3) is 0 Å². The van der Waals surface area contributed by atoms with E-state index < -0.39 is 0 Å². The van der Waals surface area contributed by atoms with Crippen LogP contribution in [-0.4, -0.2) is 36.5 Å². The monoisotopic (exact) mass is 315 g/mol. The van der Waals surface area contributed by atoms with E-state index in [4.69, 9.17) is 4.74 Å². The van der Waals surface area contributed by atoms with Crippen molar-refractivity contribution in [3.63, 3.8) is 0 Å². The molecule has 1 amide bonds. The van der Waals surface area contributed by atoms with Crippen LogP contribution >= 0.6 is 0 Å². The van der Waals surface area contributed by atoms with Crippen molar-refractivity contribution in [3.05, 3.63) is 35.9 Å². The molecule has 4 heteroatoms. The van der Waals surface area contributed by atoms with E-state index in [1.54, 1.807) is 0 Å². The van der Waals surface area contributed by atoms with Gasteiger partial charge in [-0.05, 0) is 18.4 Å². The third kappa shape index (κ3) is 3.74. The first-order chi connectivity index (χ1) is 11.1. The number of hydrogen-bond acceptors (Lipinski definition) is 3. The predicted molar refractivity (Wildman–Crippen MR) is 87.9 cm³/mol. The zero-order valence-electron chi connectivity index (χ0n) is 13.7. The summed E-state index contributed by atoms with van der Waals surface area (Å²) in [6.07, 6.45) is 5.39. The molecule has 2 aliphatic rings. The van der Waals surface area contributed by atoms with Crippen LogP contribution in [0.1, 0.15) is 50.0 Å². The molecule has 1 aliphatic carbocycles. The normalized spacial score (nSPS) is 27.5. The maximum absolute atomic E-state index is 12.6. The summed E-state index contributed by atoms with van der Waals surface area (Å²) in [4.78, 5) is 25.8. The lowest BCUT2D eigenvalue weighted by atomic mass is 9.79. The molecular weight excluding hydrogens is 290 g/mol. The van der Waals surface area contributed by atoms with Crippen molar-refractivity contribution in [1.82, 2.24) is 4.90 Å². The molecule has 0 radical (unpaired) electrons. The van der Waals surface area contributed by atoms with Crippen molar-refractivity contribution in [2.75, 3.05) is 13.7 Å². The highest BCUT2D eigenvalue weighted by molar-refractivity contribution is 5.78. The number of cyclic esters (lactones) is 1. The van der Waals surface area contributed by atoms with Gasteiger partial charge < -0.3 is 9.64 Å². The van der Waals surface area contributed by atoms with Crippen molar-refractivity contribution < 1.29 is 14.3 Å². The van der Waals surface area contributed by atoms with Crippen LogP contribution in [0.15, 0.2) is 30.3 Å². The fourth-order valence-electron chi connectivity index (χ4n) is 3.94. The summed E-state index contributed by atoms with van der Waals surface area (Å²) in [5.74, 6) is 0.433. The number of rotatable bonds is 4. The molecule has 1 heterocycles. The Morgan fingerprint density at radius 2 is 1.96 bits per heavy atom. The second-order valence-electron chi connectivity index (χ2n) is 6.83. The average molecular weight is 315 g/mol. The molecule has 2 fully saturated rings. The predicted octanol–water partition coefficient (Wildman–Crippen LogP) is 3.12. The Balaban J connectivity index is 1.67. The van der Waals surface area contributed by atoms with Gasteiger partial charge in [-0.3, -0.25) is 9.59 Å². The lowest BCUT2D eigenvalue weighted by Crippen LogP contribution is -2.43. The highest BCUT2D eigenvalue weighted by Gasteiger charge is 2.34. The number of amides is 1. The van der Waals surface area contributed by atoms with Gasteiger partial charge in [0, 0.05) is 31.3 Å². The minimum atomic E-state index is -0.176. The second-order valence-corrected chi connectivity index (χ2v) is 6.83. The summed E-state index contributed by atoms with van der Waals surface area (Å²) >= 11 is 0. The molecule has 1 aromatic carbocycles. The molecule has 1 saturated carbocycles. The Kier molecular flexibility index (Phi) is 4.99. The van der Waals surface area contributed by atoms with E-state index in [0.717, 1.165) is 12.8 Å². The molecular formula is C19H25NO3. The molecule has 0 N–H and O–H groups in total. The fraction of sp³-hybridized carbons (Fsp3) is 0.579. The topological polar surface area (TPSA) is 46.6 Å². The van der Waals surface area contributed by atoms with E-state index in [-0.39, 0.29) is 23.8 Å². The molecule has 3 atom stereocenters. The van der Waals surface area contributed by atoms with Gasteiger partial charge in [0.25, 0.3) is 0 Å². The van der Waals surface area contributed by atoms with Gasteiger partial charge in [-0.1, -0.05) is 43.2 Å². The van der Waals surface area contributed by atoms with Gasteiger partial charge >= 0.3 is 5.97 Å². The third-order valence-electron chi connectivity index (χ3n) is 5.25. The molecule has 124 valence electrons. The average Bonchev–Trinajstić information content (AvgIpc) is 3.00. The number of esters is 1. The highest BCUT2D eigenvalue weighted by Crippen LogP contribution is 2.36. The van der Waals surface area contributed by atoms with Crippen LogP contribution < -0.4 is 0 Å². The number of carbonyl (C=O) groups is 2. The van der Waals surface area contributed by atoms with Crippen LogP contribution in [-0.2, 0) is 14.3 Å². The first-order valence-electron chi connectivity index (χ1n) is 8.61. The summed E-state index contributed by atoms with van der Waals surface area (Å²) < 4.78 is 4.97. The molecule has 23 heavy (non-hydrogen) atoms. The number of carbonyl (C=O) groups excluding carboxylic acids is 2. The van der Waals surface area contributed by atoms with Gasteiger partial charge in [-0.25, -0.2) is 0 Å². The van der Waals surface area contributed by atoms with Crippen molar-refractivity contribution in [1.29, 1.82) is 0 Å². The summed E-state index contributed by atoms with van der Waals surface area (Å²) in [6.45, 7) is 0.394. The van der Waals surface area contributed by atoms with Gasteiger partial charge in [-0.2, -0.15) is 0 Å². The standard InChI is InChI=1S/C19H25NO3/c1-20(18(21)11-14-12-19(22)23-13-14)17-10-6-5-9-16(17)15-7-3-2-4-8-15/h2-4,7-8,14,16-17H,5-6,9-13H2,1H3/t14-,16+,17+/m0/s1. The van der Waals surface area contributed by atoms with E-state index in [1.165, 1.54) is 18.4 Å². The molecule has 0 aromatic heterocycles. The van der Waals surface area contributed by atoms with E-state index in [1.807, 2.05) is 18.0 Å². The molecule has 1 aromatic rings. The zero-order chi connectivity index (χ0) is 16.2. The first-order valence-corrected chi connectivity index (χ1v) is 8.61. The molecule has 1 saturated heterocycles. The van der Waals surface area contributed by atoms with Crippen LogP contribution in [0.5, 0.6) is 0 Å².